The third-order valence-electron chi connectivity index (χ3n) is 4.28. The summed E-state index contributed by atoms with van der Waals surface area (Å²) in [5.41, 5.74) is 0.255. The second kappa shape index (κ2) is 6.91. The van der Waals surface area contributed by atoms with Gasteiger partial charge in [-0.05, 0) is 40.0 Å². The van der Waals surface area contributed by atoms with E-state index in [1.54, 1.807) is 11.2 Å². The average Bonchev–Trinajstić information content (AvgIpc) is 2.89. The molecular formula is C17H29N3O3. The number of imidazole rings is 1. The van der Waals surface area contributed by atoms with Crippen molar-refractivity contribution in [1.82, 2.24) is 14.5 Å². The molecule has 1 aliphatic rings. The smallest absolute Gasteiger partial charge is 0.410 e. The molecule has 1 aromatic rings. The first-order valence-corrected chi connectivity index (χ1v) is 8.32. The highest BCUT2D eigenvalue weighted by Crippen LogP contribution is 2.30. The van der Waals surface area contributed by atoms with Crippen LogP contribution in [0.2, 0.25) is 0 Å². The fourth-order valence-electron chi connectivity index (χ4n) is 2.84. The first-order valence-electron chi connectivity index (χ1n) is 8.32. The van der Waals surface area contributed by atoms with Crippen LogP contribution in [-0.2, 0) is 23.1 Å². The first-order chi connectivity index (χ1) is 10.7. The van der Waals surface area contributed by atoms with E-state index in [1.165, 1.54) is 0 Å². The van der Waals surface area contributed by atoms with Gasteiger partial charge < -0.3 is 18.9 Å². The van der Waals surface area contributed by atoms with Gasteiger partial charge in [0.1, 0.15) is 5.60 Å². The van der Waals surface area contributed by atoms with Gasteiger partial charge in [-0.2, -0.15) is 0 Å². The van der Waals surface area contributed by atoms with Crippen molar-refractivity contribution >= 4 is 6.09 Å². The summed E-state index contributed by atoms with van der Waals surface area (Å²) in [5.74, 6) is 0. The molecule has 1 unspecified atom stereocenters. The SMILES string of the molecule is CCC1(OCc2cncn2C)CCCN(C(=O)OC(C)(C)C)C1. The summed E-state index contributed by atoms with van der Waals surface area (Å²) >= 11 is 0. The number of hydrogen-bond donors (Lipinski definition) is 0. The zero-order valence-electron chi connectivity index (χ0n) is 15.0. The minimum Gasteiger partial charge on any atom is -0.444 e. The van der Waals surface area contributed by atoms with Gasteiger partial charge in [-0.3, -0.25) is 0 Å². The number of piperidine rings is 1. The van der Waals surface area contributed by atoms with Crippen LogP contribution < -0.4 is 0 Å². The Labute approximate surface area is 138 Å². The third-order valence-corrected chi connectivity index (χ3v) is 4.28. The van der Waals surface area contributed by atoms with Crippen molar-refractivity contribution in [2.45, 2.75) is 64.8 Å². The lowest BCUT2D eigenvalue weighted by Gasteiger charge is -2.42. The van der Waals surface area contributed by atoms with E-state index < -0.39 is 5.60 Å². The van der Waals surface area contributed by atoms with Crippen molar-refractivity contribution < 1.29 is 14.3 Å². The number of nitrogens with zero attached hydrogens (tertiary/aromatic N) is 3. The zero-order valence-corrected chi connectivity index (χ0v) is 15.0. The molecule has 0 N–H and O–H groups in total. The fraction of sp³-hybridized carbons (Fsp3) is 0.765. The van der Waals surface area contributed by atoms with Gasteiger partial charge in [-0.15, -0.1) is 0 Å². The summed E-state index contributed by atoms with van der Waals surface area (Å²) in [6.07, 6.45) is 6.09. The molecule has 0 spiro atoms. The van der Waals surface area contributed by atoms with Crippen LogP contribution >= 0.6 is 0 Å². The molecule has 0 aromatic carbocycles. The minimum atomic E-state index is -0.473. The van der Waals surface area contributed by atoms with Gasteiger partial charge in [-0.25, -0.2) is 9.78 Å². The Hall–Kier alpha value is -1.56. The molecule has 0 saturated carbocycles. The third kappa shape index (κ3) is 4.70. The molecule has 0 radical (unpaired) electrons. The number of rotatable bonds is 4. The minimum absolute atomic E-state index is 0.251. The lowest BCUT2D eigenvalue weighted by Crippen LogP contribution is -2.52. The number of hydrogen-bond acceptors (Lipinski definition) is 4. The van der Waals surface area contributed by atoms with Crippen LogP contribution in [0.25, 0.3) is 0 Å². The van der Waals surface area contributed by atoms with Crippen LogP contribution in [-0.4, -0.2) is 44.8 Å². The van der Waals surface area contributed by atoms with Crippen molar-refractivity contribution in [3.63, 3.8) is 0 Å². The van der Waals surface area contributed by atoms with Gasteiger partial charge in [0.15, 0.2) is 0 Å². The maximum Gasteiger partial charge on any atom is 0.410 e. The maximum atomic E-state index is 12.3. The molecule has 0 bridgehead atoms. The zero-order chi connectivity index (χ0) is 17.1. The normalized spacial score (nSPS) is 22.2. The van der Waals surface area contributed by atoms with Gasteiger partial charge in [-0.1, -0.05) is 6.92 Å². The molecule has 23 heavy (non-hydrogen) atoms. The summed E-state index contributed by atoms with van der Waals surface area (Å²) in [6.45, 7) is 9.60. The first kappa shape index (κ1) is 17.8. The van der Waals surface area contributed by atoms with E-state index in [2.05, 4.69) is 11.9 Å². The molecule has 2 rings (SSSR count). The van der Waals surface area contributed by atoms with E-state index >= 15 is 0 Å². The number of aromatic nitrogens is 2. The van der Waals surface area contributed by atoms with E-state index in [0.29, 0.717) is 13.2 Å². The number of likely N-dealkylation sites (tertiary alicyclic amines) is 1. The molecule has 1 fully saturated rings. The predicted molar refractivity (Wildman–Crippen MR) is 88.1 cm³/mol. The number of amides is 1. The number of ether oxygens (including phenoxy) is 2. The van der Waals surface area contributed by atoms with Crippen molar-refractivity contribution in [1.29, 1.82) is 0 Å². The topological polar surface area (TPSA) is 56.6 Å². The lowest BCUT2D eigenvalue weighted by molar-refractivity contribution is -0.103. The summed E-state index contributed by atoms with van der Waals surface area (Å²) in [7, 11) is 1.96. The lowest BCUT2D eigenvalue weighted by atomic mass is 9.90. The molecule has 0 aliphatic carbocycles. The van der Waals surface area contributed by atoms with E-state index in [0.717, 1.165) is 31.5 Å². The number of aryl methyl sites for hydroxylation is 1. The van der Waals surface area contributed by atoms with Crippen LogP contribution in [0, 0.1) is 0 Å². The number of carbonyl (C=O) groups excluding carboxylic acids is 1. The van der Waals surface area contributed by atoms with Gasteiger partial charge in [0, 0.05) is 13.6 Å². The summed E-state index contributed by atoms with van der Waals surface area (Å²) < 4.78 is 13.7. The number of carbonyl (C=O) groups is 1. The van der Waals surface area contributed by atoms with Crippen LogP contribution in [0.1, 0.15) is 52.7 Å². The standard InChI is InChI=1S/C17H29N3O3/c1-6-17(22-11-14-10-18-13-19(14)5)8-7-9-20(12-17)15(21)23-16(2,3)4/h10,13H,6-9,11-12H2,1-5H3. The van der Waals surface area contributed by atoms with Crippen LogP contribution in [0.4, 0.5) is 4.79 Å². The molecular weight excluding hydrogens is 294 g/mol. The van der Waals surface area contributed by atoms with Crippen molar-refractivity contribution in [2.24, 2.45) is 7.05 Å². The van der Waals surface area contributed by atoms with Crippen molar-refractivity contribution in [2.75, 3.05) is 13.1 Å². The largest absolute Gasteiger partial charge is 0.444 e. The average molecular weight is 323 g/mol. The second-order valence-electron chi connectivity index (χ2n) is 7.33. The highest BCUT2D eigenvalue weighted by Gasteiger charge is 2.38. The Bertz CT molecular complexity index is 535. The Balaban J connectivity index is 2.00. The predicted octanol–water partition coefficient (Wildman–Crippen LogP) is 3.12. The maximum absolute atomic E-state index is 12.3. The molecule has 6 nitrogen and oxygen atoms in total. The van der Waals surface area contributed by atoms with Crippen molar-refractivity contribution in [3.8, 4) is 0 Å². The quantitative estimate of drug-likeness (QED) is 0.854. The molecule has 1 atom stereocenters. The van der Waals surface area contributed by atoms with E-state index in [1.807, 2.05) is 38.6 Å². The summed E-state index contributed by atoms with van der Waals surface area (Å²) in [4.78, 5) is 18.2. The van der Waals surface area contributed by atoms with Gasteiger partial charge >= 0.3 is 6.09 Å². The van der Waals surface area contributed by atoms with Crippen LogP contribution in [0.3, 0.4) is 0 Å². The molecule has 1 aliphatic heterocycles. The summed E-state index contributed by atoms with van der Waals surface area (Å²) in [5, 5.41) is 0. The van der Waals surface area contributed by atoms with E-state index in [-0.39, 0.29) is 11.7 Å². The van der Waals surface area contributed by atoms with Gasteiger partial charge in [0.2, 0.25) is 0 Å². The second-order valence-corrected chi connectivity index (χ2v) is 7.33. The van der Waals surface area contributed by atoms with Gasteiger partial charge in [0.25, 0.3) is 0 Å². The molecule has 2 heterocycles. The van der Waals surface area contributed by atoms with E-state index in [4.69, 9.17) is 9.47 Å². The van der Waals surface area contributed by atoms with E-state index in [9.17, 15) is 4.79 Å². The Morgan fingerprint density at radius 3 is 2.74 bits per heavy atom. The molecule has 6 heteroatoms. The van der Waals surface area contributed by atoms with Crippen LogP contribution in [0.5, 0.6) is 0 Å². The molecule has 1 amide bonds. The summed E-state index contributed by atoms with van der Waals surface area (Å²) in [6, 6.07) is 0. The molecule has 1 aromatic heterocycles. The highest BCUT2D eigenvalue weighted by molar-refractivity contribution is 5.68. The Kier molecular flexibility index (Phi) is 5.34. The van der Waals surface area contributed by atoms with Crippen LogP contribution in [0.15, 0.2) is 12.5 Å². The molecule has 1 saturated heterocycles. The van der Waals surface area contributed by atoms with Gasteiger partial charge in [0.05, 0.1) is 37.0 Å². The Morgan fingerprint density at radius 2 is 2.17 bits per heavy atom. The highest BCUT2D eigenvalue weighted by atomic mass is 16.6. The Morgan fingerprint density at radius 1 is 1.43 bits per heavy atom. The monoisotopic (exact) mass is 323 g/mol. The van der Waals surface area contributed by atoms with Crippen molar-refractivity contribution in [3.05, 3.63) is 18.2 Å². The fourth-order valence-corrected chi connectivity index (χ4v) is 2.84. The molecule has 130 valence electrons.